The molecule has 21 heavy (non-hydrogen) atoms. The Balaban J connectivity index is 2.32. The van der Waals surface area contributed by atoms with Gasteiger partial charge in [-0.2, -0.15) is 11.3 Å². The average Bonchev–Trinajstić information content (AvgIpc) is 2.95. The lowest BCUT2D eigenvalue weighted by atomic mass is 9.81. The molecule has 1 aromatic heterocycles. The lowest BCUT2D eigenvalue weighted by molar-refractivity contribution is 0.505. The van der Waals surface area contributed by atoms with E-state index < -0.39 is 0 Å². The maximum atomic E-state index is 3.74. The van der Waals surface area contributed by atoms with Gasteiger partial charge in [-0.25, -0.2) is 0 Å². The number of thiophene rings is 1. The molecule has 1 unspecified atom stereocenters. The summed E-state index contributed by atoms with van der Waals surface area (Å²) in [6.45, 7) is 10.2. The lowest BCUT2D eigenvalue weighted by Gasteiger charge is -2.28. The zero-order chi connectivity index (χ0) is 15.3. The van der Waals surface area contributed by atoms with Gasteiger partial charge in [0, 0.05) is 6.04 Å². The lowest BCUT2D eigenvalue weighted by Crippen LogP contribution is -2.27. The van der Waals surface area contributed by atoms with Crippen molar-refractivity contribution in [3.05, 3.63) is 57.8 Å². The second-order valence-corrected chi connectivity index (χ2v) is 7.46. The van der Waals surface area contributed by atoms with Gasteiger partial charge in [-0.1, -0.05) is 52.0 Å². The van der Waals surface area contributed by atoms with Gasteiger partial charge in [0.2, 0.25) is 0 Å². The maximum Gasteiger partial charge on any atom is 0.0364 e. The Morgan fingerprint density at radius 2 is 1.90 bits per heavy atom. The van der Waals surface area contributed by atoms with Crippen LogP contribution < -0.4 is 5.32 Å². The van der Waals surface area contributed by atoms with Gasteiger partial charge in [0.25, 0.3) is 0 Å². The molecule has 2 aromatic rings. The first-order valence-electron chi connectivity index (χ1n) is 7.86. The van der Waals surface area contributed by atoms with Gasteiger partial charge < -0.3 is 5.32 Å². The molecule has 0 spiro atoms. The highest BCUT2D eigenvalue weighted by Crippen LogP contribution is 2.31. The Labute approximate surface area is 133 Å². The third-order valence-electron chi connectivity index (χ3n) is 3.80. The van der Waals surface area contributed by atoms with E-state index in [0.717, 1.165) is 19.4 Å². The molecule has 1 N–H and O–H groups in total. The van der Waals surface area contributed by atoms with Crippen molar-refractivity contribution in [3.63, 3.8) is 0 Å². The molecule has 1 aromatic carbocycles. The van der Waals surface area contributed by atoms with Crippen LogP contribution in [0, 0.1) is 0 Å². The van der Waals surface area contributed by atoms with E-state index >= 15 is 0 Å². The zero-order valence-electron chi connectivity index (χ0n) is 13.6. The monoisotopic (exact) mass is 301 g/mol. The van der Waals surface area contributed by atoms with E-state index in [4.69, 9.17) is 0 Å². The van der Waals surface area contributed by atoms with Gasteiger partial charge >= 0.3 is 0 Å². The molecule has 0 saturated carbocycles. The smallest absolute Gasteiger partial charge is 0.0364 e. The van der Waals surface area contributed by atoms with Crippen LogP contribution in [0.4, 0.5) is 0 Å². The predicted octanol–water partition coefficient (Wildman–Crippen LogP) is 5.33. The minimum atomic E-state index is 0.178. The Bertz CT molecular complexity index is 537. The molecular weight excluding hydrogens is 274 g/mol. The number of benzene rings is 1. The van der Waals surface area contributed by atoms with Crippen molar-refractivity contribution in [3.8, 4) is 0 Å². The van der Waals surface area contributed by atoms with Crippen LogP contribution in [0.15, 0.2) is 41.1 Å². The topological polar surface area (TPSA) is 12.0 Å². The van der Waals surface area contributed by atoms with E-state index in [2.05, 4.69) is 74.1 Å². The molecule has 2 heteroatoms. The first-order chi connectivity index (χ1) is 10.0. The molecule has 0 radical (unpaired) electrons. The summed E-state index contributed by atoms with van der Waals surface area (Å²) < 4.78 is 0. The van der Waals surface area contributed by atoms with E-state index in [9.17, 15) is 0 Å². The number of rotatable bonds is 6. The fourth-order valence-electron chi connectivity index (χ4n) is 2.74. The Hall–Kier alpha value is -1.12. The second-order valence-electron chi connectivity index (χ2n) is 6.68. The molecule has 0 aliphatic heterocycles. The van der Waals surface area contributed by atoms with Gasteiger partial charge in [0.1, 0.15) is 0 Å². The molecule has 0 amide bonds. The highest BCUT2D eigenvalue weighted by atomic mass is 32.1. The maximum absolute atomic E-state index is 3.74. The SMILES string of the molecule is CCCNC(Cc1ccsc1)c1ccccc1C(C)(C)C. The third-order valence-corrected chi connectivity index (χ3v) is 4.54. The van der Waals surface area contributed by atoms with Gasteiger partial charge in [-0.05, 0) is 58.3 Å². The first kappa shape index (κ1) is 16.3. The molecule has 114 valence electrons. The summed E-state index contributed by atoms with van der Waals surface area (Å²) in [7, 11) is 0. The van der Waals surface area contributed by atoms with Crippen LogP contribution in [-0.4, -0.2) is 6.54 Å². The van der Waals surface area contributed by atoms with Crippen LogP contribution >= 0.6 is 11.3 Å². The fraction of sp³-hybridized carbons (Fsp3) is 0.474. The molecule has 0 aliphatic rings. The molecule has 1 heterocycles. The van der Waals surface area contributed by atoms with Crippen LogP contribution in [0.1, 0.15) is 56.8 Å². The Morgan fingerprint density at radius 1 is 1.14 bits per heavy atom. The quantitative estimate of drug-likeness (QED) is 0.760. The first-order valence-corrected chi connectivity index (χ1v) is 8.80. The number of nitrogens with one attached hydrogen (secondary N) is 1. The van der Waals surface area contributed by atoms with Gasteiger partial charge in [-0.3, -0.25) is 0 Å². The highest BCUT2D eigenvalue weighted by Gasteiger charge is 2.22. The van der Waals surface area contributed by atoms with Crippen LogP contribution in [-0.2, 0) is 11.8 Å². The van der Waals surface area contributed by atoms with Crippen molar-refractivity contribution in [1.82, 2.24) is 5.32 Å². The van der Waals surface area contributed by atoms with Gasteiger partial charge in [-0.15, -0.1) is 0 Å². The summed E-state index contributed by atoms with van der Waals surface area (Å²) in [5.41, 5.74) is 4.51. The summed E-state index contributed by atoms with van der Waals surface area (Å²) in [5, 5.41) is 8.17. The summed E-state index contributed by atoms with van der Waals surface area (Å²) in [6, 6.07) is 11.5. The number of hydrogen-bond donors (Lipinski definition) is 1. The third kappa shape index (κ3) is 4.42. The molecule has 1 nitrogen and oxygen atoms in total. The van der Waals surface area contributed by atoms with E-state index in [1.807, 2.05) is 0 Å². The fourth-order valence-corrected chi connectivity index (χ4v) is 3.42. The van der Waals surface area contributed by atoms with Crippen LogP contribution in [0.2, 0.25) is 0 Å². The predicted molar refractivity (Wildman–Crippen MR) is 94.2 cm³/mol. The number of hydrogen-bond acceptors (Lipinski definition) is 2. The van der Waals surface area contributed by atoms with E-state index in [1.54, 1.807) is 11.3 Å². The van der Waals surface area contributed by atoms with Crippen LogP contribution in [0.3, 0.4) is 0 Å². The Kier molecular flexibility index (Phi) is 5.60. The minimum Gasteiger partial charge on any atom is -0.310 e. The largest absolute Gasteiger partial charge is 0.310 e. The summed E-state index contributed by atoms with van der Waals surface area (Å²) >= 11 is 1.78. The van der Waals surface area contributed by atoms with Gasteiger partial charge in [0.15, 0.2) is 0 Å². The highest BCUT2D eigenvalue weighted by molar-refractivity contribution is 7.07. The standard InChI is InChI=1S/C19H27NS/c1-5-11-20-18(13-15-10-12-21-14-15)16-8-6-7-9-17(16)19(2,3)4/h6-10,12,14,18,20H,5,11,13H2,1-4H3. The molecule has 1 atom stereocenters. The molecule has 0 bridgehead atoms. The molecule has 0 saturated heterocycles. The molecule has 0 aliphatic carbocycles. The zero-order valence-corrected chi connectivity index (χ0v) is 14.5. The summed E-state index contributed by atoms with van der Waals surface area (Å²) in [6.07, 6.45) is 2.23. The van der Waals surface area contributed by atoms with Crippen molar-refractivity contribution in [2.45, 2.75) is 52.0 Å². The van der Waals surface area contributed by atoms with Gasteiger partial charge in [0.05, 0.1) is 0 Å². The minimum absolute atomic E-state index is 0.178. The second kappa shape index (κ2) is 7.24. The molecule has 0 fully saturated rings. The molecule has 2 rings (SSSR count). The normalized spacial score (nSPS) is 13.3. The van der Waals surface area contributed by atoms with E-state index in [1.165, 1.54) is 16.7 Å². The van der Waals surface area contributed by atoms with Crippen molar-refractivity contribution >= 4 is 11.3 Å². The van der Waals surface area contributed by atoms with Crippen LogP contribution in [0.25, 0.3) is 0 Å². The van der Waals surface area contributed by atoms with E-state index in [0.29, 0.717) is 6.04 Å². The van der Waals surface area contributed by atoms with Crippen LogP contribution in [0.5, 0.6) is 0 Å². The Morgan fingerprint density at radius 3 is 2.52 bits per heavy atom. The summed E-state index contributed by atoms with van der Waals surface area (Å²) in [5.74, 6) is 0. The average molecular weight is 301 g/mol. The van der Waals surface area contributed by atoms with Crippen molar-refractivity contribution in [2.75, 3.05) is 6.54 Å². The summed E-state index contributed by atoms with van der Waals surface area (Å²) in [4.78, 5) is 0. The van der Waals surface area contributed by atoms with Crippen molar-refractivity contribution < 1.29 is 0 Å². The molecular formula is C19H27NS. The van der Waals surface area contributed by atoms with E-state index in [-0.39, 0.29) is 5.41 Å². The van der Waals surface area contributed by atoms with Crippen molar-refractivity contribution in [2.24, 2.45) is 0 Å². The van der Waals surface area contributed by atoms with Crippen molar-refractivity contribution in [1.29, 1.82) is 0 Å².